The molecular formula is C31H40O7. The van der Waals surface area contributed by atoms with Gasteiger partial charge in [0, 0.05) is 5.92 Å². The average molecular weight is 525 g/mol. The molecule has 1 saturated heterocycles. The van der Waals surface area contributed by atoms with Gasteiger partial charge in [-0.25, -0.2) is 4.79 Å². The van der Waals surface area contributed by atoms with Crippen molar-refractivity contribution in [3.8, 4) is 5.75 Å². The van der Waals surface area contributed by atoms with Crippen LogP contribution in [0.5, 0.6) is 5.75 Å². The van der Waals surface area contributed by atoms with E-state index in [0.29, 0.717) is 23.1 Å². The molecule has 0 unspecified atom stereocenters. The van der Waals surface area contributed by atoms with Gasteiger partial charge in [-0.05, 0) is 74.1 Å². The number of aromatic hydroxyl groups is 1. The molecule has 4 aliphatic rings. The van der Waals surface area contributed by atoms with Crippen molar-refractivity contribution in [3.63, 3.8) is 0 Å². The first-order valence-electron chi connectivity index (χ1n) is 13.6. The fourth-order valence-corrected chi connectivity index (χ4v) is 7.44. The quantitative estimate of drug-likeness (QED) is 0.420. The van der Waals surface area contributed by atoms with Crippen LogP contribution in [0, 0.1) is 35.5 Å². The predicted octanol–water partition coefficient (Wildman–Crippen LogP) is 4.88. The first-order chi connectivity index (χ1) is 17.6. The molecule has 1 heterocycles. The van der Waals surface area contributed by atoms with Gasteiger partial charge < -0.3 is 24.4 Å². The summed E-state index contributed by atoms with van der Waals surface area (Å²) in [4.78, 5) is 28.3. The van der Waals surface area contributed by atoms with Crippen molar-refractivity contribution in [2.24, 2.45) is 28.6 Å². The molecule has 1 saturated carbocycles. The summed E-state index contributed by atoms with van der Waals surface area (Å²) in [6.07, 6.45) is 2.39. The summed E-state index contributed by atoms with van der Waals surface area (Å²) in [6.45, 7) is 15.6. The van der Waals surface area contributed by atoms with Crippen LogP contribution >= 0.6 is 0 Å². The third kappa shape index (κ3) is 3.51. The maximum absolute atomic E-state index is 14.8. The number of esters is 1. The Morgan fingerprint density at radius 3 is 2.45 bits per heavy atom. The minimum Gasteiger partial charge on any atom is -0.507 e. The van der Waals surface area contributed by atoms with E-state index in [4.69, 9.17) is 14.2 Å². The van der Waals surface area contributed by atoms with Crippen LogP contribution in [0.2, 0.25) is 0 Å². The number of benzene rings is 1. The summed E-state index contributed by atoms with van der Waals surface area (Å²) in [6, 6.07) is 4.80. The first kappa shape index (κ1) is 27.1. The average Bonchev–Trinajstić information content (AvgIpc) is 2.98. The molecule has 5 rings (SSSR count). The molecule has 1 spiro atoms. The number of carbonyl (C=O) groups is 2. The fraction of sp³-hybridized carbons (Fsp3) is 0.613. The van der Waals surface area contributed by atoms with E-state index >= 15 is 0 Å². The Morgan fingerprint density at radius 1 is 1.11 bits per heavy atom. The van der Waals surface area contributed by atoms with E-state index in [1.165, 1.54) is 6.07 Å². The second-order valence-electron chi connectivity index (χ2n) is 13.0. The van der Waals surface area contributed by atoms with Gasteiger partial charge in [0.2, 0.25) is 0 Å². The van der Waals surface area contributed by atoms with Crippen LogP contribution in [-0.4, -0.2) is 52.2 Å². The molecule has 1 aliphatic heterocycles. The number of rotatable bonds is 2. The number of ketones is 1. The zero-order valence-electron chi connectivity index (χ0n) is 23.6. The van der Waals surface area contributed by atoms with Crippen molar-refractivity contribution in [1.82, 2.24) is 0 Å². The van der Waals surface area contributed by atoms with Gasteiger partial charge in [0.15, 0.2) is 23.3 Å². The number of aliphatic hydroxyl groups is 1. The molecule has 3 aliphatic carbocycles. The van der Waals surface area contributed by atoms with Crippen LogP contribution < -0.4 is 0 Å². The summed E-state index contributed by atoms with van der Waals surface area (Å²) < 4.78 is 18.5. The van der Waals surface area contributed by atoms with Crippen molar-refractivity contribution in [2.75, 3.05) is 6.61 Å². The molecule has 2 bridgehead atoms. The van der Waals surface area contributed by atoms with Gasteiger partial charge in [-0.1, -0.05) is 52.0 Å². The fourth-order valence-electron chi connectivity index (χ4n) is 7.44. The second kappa shape index (κ2) is 8.51. The van der Waals surface area contributed by atoms with E-state index in [0.717, 1.165) is 0 Å². The number of carbonyl (C=O) groups excluding carboxylic acids is 2. The smallest absolute Gasteiger partial charge is 0.342 e. The minimum absolute atomic E-state index is 0.0373. The summed E-state index contributed by atoms with van der Waals surface area (Å²) in [5.41, 5.74) is -1.78. The molecule has 1 aromatic carbocycles. The van der Waals surface area contributed by atoms with Gasteiger partial charge >= 0.3 is 5.97 Å². The van der Waals surface area contributed by atoms with Gasteiger partial charge in [0.25, 0.3) is 0 Å². The maximum Gasteiger partial charge on any atom is 0.342 e. The summed E-state index contributed by atoms with van der Waals surface area (Å²) in [5.74, 6) is -2.62. The highest BCUT2D eigenvalue weighted by atomic mass is 16.7. The molecule has 206 valence electrons. The topological polar surface area (TPSA) is 102 Å². The van der Waals surface area contributed by atoms with Crippen molar-refractivity contribution in [3.05, 3.63) is 52.6 Å². The van der Waals surface area contributed by atoms with E-state index < -0.39 is 40.9 Å². The summed E-state index contributed by atoms with van der Waals surface area (Å²) in [5, 5.41) is 23.5. The number of aryl methyl sites for hydroxylation is 1. The lowest BCUT2D eigenvalue weighted by molar-refractivity contribution is -0.302. The van der Waals surface area contributed by atoms with Crippen LogP contribution in [0.4, 0.5) is 0 Å². The lowest BCUT2D eigenvalue weighted by Crippen LogP contribution is -2.68. The van der Waals surface area contributed by atoms with Crippen molar-refractivity contribution in [2.45, 2.75) is 85.4 Å². The van der Waals surface area contributed by atoms with Gasteiger partial charge in [-0.3, -0.25) is 4.79 Å². The molecule has 0 radical (unpaired) electrons. The lowest BCUT2D eigenvalue weighted by Gasteiger charge is -2.52. The van der Waals surface area contributed by atoms with Crippen LogP contribution in [0.1, 0.15) is 70.8 Å². The number of allylic oxidation sites excluding steroid dienone is 1. The number of Topliss-reactive ketones (excluding diaryl/α,β-unsaturated/α-hetero) is 1. The summed E-state index contributed by atoms with van der Waals surface area (Å²) in [7, 11) is 0. The monoisotopic (exact) mass is 524 g/mol. The minimum atomic E-state index is -1.91. The predicted molar refractivity (Wildman–Crippen MR) is 141 cm³/mol. The number of phenolic OH excluding ortho intramolecular Hbond substituents is 1. The molecule has 38 heavy (non-hydrogen) atoms. The maximum atomic E-state index is 14.8. The van der Waals surface area contributed by atoms with Crippen molar-refractivity contribution in [1.29, 1.82) is 0 Å². The van der Waals surface area contributed by atoms with E-state index in [2.05, 4.69) is 20.8 Å². The third-order valence-electron chi connectivity index (χ3n) is 9.96. The Morgan fingerprint density at radius 2 is 1.79 bits per heavy atom. The van der Waals surface area contributed by atoms with Gasteiger partial charge in [-0.2, -0.15) is 0 Å². The molecule has 2 N–H and O–H groups in total. The van der Waals surface area contributed by atoms with Gasteiger partial charge in [0.05, 0.1) is 12.0 Å². The Balaban J connectivity index is 1.73. The third-order valence-corrected chi connectivity index (χ3v) is 9.96. The molecule has 7 atom stereocenters. The number of hydrogen-bond acceptors (Lipinski definition) is 7. The van der Waals surface area contributed by atoms with Gasteiger partial charge in [0.1, 0.15) is 17.4 Å². The first-order valence-corrected chi connectivity index (χ1v) is 13.6. The van der Waals surface area contributed by atoms with Crippen molar-refractivity contribution < 1.29 is 34.0 Å². The zero-order valence-corrected chi connectivity index (χ0v) is 23.6. The van der Waals surface area contributed by atoms with Crippen LogP contribution in [-0.2, 0) is 19.0 Å². The van der Waals surface area contributed by atoms with Crippen LogP contribution in [0.3, 0.4) is 0 Å². The Kier molecular flexibility index (Phi) is 6.07. The van der Waals surface area contributed by atoms with Crippen LogP contribution in [0.15, 0.2) is 41.5 Å². The SMILES string of the molecule is CC1=C[C@]23C(=O)[C@@H](C=C4COC(C)(C)O[C@H]4[C@]2(O)[C@H]1OC(=O)c1c(C)cccc1O)C(C)(C)[C@@H](C)C[C@H]3C. The van der Waals surface area contributed by atoms with Crippen LogP contribution in [0.25, 0.3) is 0 Å². The second-order valence-corrected chi connectivity index (χ2v) is 13.0. The number of ether oxygens (including phenoxy) is 3. The Hall–Kier alpha value is -2.48. The Labute approximate surface area is 224 Å². The molecule has 2 fully saturated rings. The molecule has 0 amide bonds. The highest BCUT2D eigenvalue weighted by Crippen LogP contribution is 2.64. The standard InChI is InChI=1S/C31H40O7/c1-16-10-9-11-22(32)23(16)27(34)37-25-17(2)14-30-19(4)12-18(3)28(5,6)21(24(30)33)13-20-15-36-29(7,8)38-26(20)31(25,30)35/h9-11,13-14,18-19,21,25-26,32,35H,12,15H2,1-8H3/t18-,19+,21+,25-,26+,30-,31+/m0/s1. The highest BCUT2D eigenvalue weighted by molar-refractivity contribution is 5.97. The zero-order chi connectivity index (χ0) is 28.0. The van der Waals surface area contributed by atoms with Crippen molar-refractivity contribution >= 4 is 11.8 Å². The molecule has 1 aromatic rings. The number of phenols is 1. The van der Waals surface area contributed by atoms with E-state index in [-0.39, 0.29) is 41.0 Å². The normalized spacial score (nSPS) is 39.2. The van der Waals surface area contributed by atoms with E-state index in [1.54, 1.807) is 39.8 Å². The largest absolute Gasteiger partial charge is 0.507 e. The lowest BCUT2D eigenvalue weighted by atomic mass is 9.59. The molecule has 0 aromatic heterocycles. The van der Waals surface area contributed by atoms with E-state index in [1.807, 2.05) is 19.1 Å². The molecule has 7 heteroatoms. The molecular weight excluding hydrogens is 484 g/mol. The van der Waals surface area contributed by atoms with E-state index in [9.17, 15) is 19.8 Å². The van der Waals surface area contributed by atoms with Gasteiger partial charge in [-0.15, -0.1) is 0 Å². The number of hydrogen-bond donors (Lipinski definition) is 2. The molecule has 7 nitrogen and oxygen atoms in total. The Bertz CT molecular complexity index is 1240. The highest BCUT2D eigenvalue weighted by Gasteiger charge is 2.74. The number of fused-ring (bicyclic) bond motifs is 3. The summed E-state index contributed by atoms with van der Waals surface area (Å²) >= 11 is 0.